The number of nitrogens with one attached hydrogen (secondary N) is 1. The van der Waals surface area contributed by atoms with Crippen LogP contribution in [0.5, 0.6) is 0 Å². The molecule has 7 heteroatoms. The minimum Gasteiger partial charge on any atom is -0.480 e. The van der Waals surface area contributed by atoms with Gasteiger partial charge in [0.05, 0.1) is 0 Å². The summed E-state index contributed by atoms with van der Waals surface area (Å²) in [4.78, 5) is 11.2. The Morgan fingerprint density at radius 1 is 1.40 bits per heavy atom. The maximum absolute atomic E-state index is 12.3. The van der Waals surface area contributed by atoms with Crippen molar-refractivity contribution in [2.75, 3.05) is 13.1 Å². The first-order valence-electron chi connectivity index (χ1n) is 7.39. The van der Waals surface area contributed by atoms with Crippen LogP contribution in [0.25, 0.3) is 0 Å². The van der Waals surface area contributed by atoms with Crippen molar-refractivity contribution in [3.63, 3.8) is 0 Å². The van der Waals surface area contributed by atoms with Crippen molar-refractivity contribution in [1.82, 2.24) is 9.03 Å². The molecule has 0 aromatic rings. The van der Waals surface area contributed by atoms with E-state index >= 15 is 0 Å². The molecule has 0 amide bonds. The second-order valence-corrected chi connectivity index (χ2v) is 7.74. The van der Waals surface area contributed by atoms with E-state index < -0.39 is 22.2 Å². The highest BCUT2D eigenvalue weighted by molar-refractivity contribution is 7.87. The molecule has 2 N–H and O–H groups in total. The third-order valence-electron chi connectivity index (χ3n) is 4.41. The first kappa shape index (κ1) is 15.7. The van der Waals surface area contributed by atoms with Gasteiger partial charge >= 0.3 is 5.97 Å². The summed E-state index contributed by atoms with van der Waals surface area (Å²) in [7, 11) is -3.69. The normalized spacial score (nSPS) is 26.4. The van der Waals surface area contributed by atoms with Gasteiger partial charge in [-0.2, -0.15) is 12.7 Å². The summed E-state index contributed by atoms with van der Waals surface area (Å²) < 4.78 is 28.4. The Morgan fingerprint density at radius 3 is 2.65 bits per heavy atom. The smallest absolute Gasteiger partial charge is 0.322 e. The molecule has 1 saturated heterocycles. The number of carboxylic acids is 1. The first-order chi connectivity index (χ1) is 9.40. The van der Waals surface area contributed by atoms with Gasteiger partial charge in [0, 0.05) is 13.1 Å². The van der Waals surface area contributed by atoms with Crippen molar-refractivity contribution in [2.45, 2.75) is 57.9 Å². The molecular formula is C13H24N2O4S. The molecule has 0 radical (unpaired) electrons. The summed E-state index contributed by atoms with van der Waals surface area (Å²) >= 11 is 0. The average Bonchev–Trinajstić information content (AvgIpc) is 3.17. The van der Waals surface area contributed by atoms with Crippen LogP contribution in [0.1, 0.15) is 51.9 Å². The molecule has 1 saturated carbocycles. The highest BCUT2D eigenvalue weighted by atomic mass is 32.2. The highest BCUT2D eigenvalue weighted by Crippen LogP contribution is 2.49. The molecule has 0 aromatic heterocycles. The Labute approximate surface area is 120 Å². The van der Waals surface area contributed by atoms with Gasteiger partial charge in [0.15, 0.2) is 0 Å². The predicted octanol–water partition coefficient (Wildman–Crippen LogP) is 1.34. The molecule has 0 bridgehead atoms. The lowest BCUT2D eigenvalue weighted by atomic mass is 10.0. The van der Waals surface area contributed by atoms with Crippen molar-refractivity contribution in [3.05, 3.63) is 0 Å². The van der Waals surface area contributed by atoms with Crippen LogP contribution >= 0.6 is 0 Å². The van der Waals surface area contributed by atoms with Crippen LogP contribution < -0.4 is 4.72 Å². The van der Waals surface area contributed by atoms with Gasteiger partial charge < -0.3 is 5.11 Å². The Bertz CT molecular complexity index is 459. The molecule has 1 atom stereocenters. The maximum atomic E-state index is 12.3. The lowest BCUT2D eigenvalue weighted by molar-refractivity contribution is -0.142. The average molecular weight is 304 g/mol. The molecule has 1 unspecified atom stereocenters. The first-order valence-corrected chi connectivity index (χ1v) is 8.83. The number of carbonyl (C=O) groups is 1. The fourth-order valence-electron chi connectivity index (χ4n) is 2.99. The largest absolute Gasteiger partial charge is 0.480 e. The topological polar surface area (TPSA) is 86.7 Å². The van der Waals surface area contributed by atoms with E-state index in [1.54, 1.807) is 0 Å². The van der Waals surface area contributed by atoms with Crippen molar-refractivity contribution < 1.29 is 18.3 Å². The van der Waals surface area contributed by atoms with Gasteiger partial charge in [-0.05, 0) is 43.9 Å². The van der Waals surface area contributed by atoms with E-state index in [2.05, 4.69) is 11.6 Å². The number of hydrogen-bond donors (Lipinski definition) is 2. The molecule has 1 aliphatic carbocycles. The van der Waals surface area contributed by atoms with Crippen LogP contribution in [-0.4, -0.2) is 42.9 Å². The van der Waals surface area contributed by atoms with E-state index in [1.807, 2.05) is 0 Å². The standard InChI is InChI=1S/C13H24N2O4S/c1-2-6-13(7-8-13)10-14-20(18,19)15-9-4-3-5-11(15)12(16)17/h11,14H,2-10H2,1H3,(H,16,17). The van der Waals surface area contributed by atoms with Gasteiger partial charge in [-0.25, -0.2) is 4.72 Å². The molecule has 1 aliphatic heterocycles. The van der Waals surface area contributed by atoms with E-state index in [4.69, 9.17) is 5.11 Å². The number of hydrogen-bond acceptors (Lipinski definition) is 3. The number of rotatable bonds is 7. The fraction of sp³-hybridized carbons (Fsp3) is 0.923. The van der Waals surface area contributed by atoms with Crippen LogP contribution in [-0.2, 0) is 15.0 Å². The lowest BCUT2D eigenvalue weighted by Gasteiger charge is -2.32. The van der Waals surface area contributed by atoms with Gasteiger partial charge in [-0.3, -0.25) is 4.79 Å². The van der Waals surface area contributed by atoms with E-state index in [9.17, 15) is 13.2 Å². The zero-order valence-corrected chi connectivity index (χ0v) is 12.8. The van der Waals surface area contributed by atoms with Crippen molar-refractivity contribution in [2.24, 2.45) is 5.41 Å². The number of carboxylic acid groups (broad SMARTS) is 1. The summed E-state index contributed by atoms with van der Waals surface area (Å²) in [6.45, 7) is 2.83. The van der Waals surface area contributed by atoms with Gasteiger partial charge in [-0.15, -0.1) is 0 Å². The summed E-state index contributed by atoms with van der Waals surface area (Å²) in [5.41, 5.74) is 0.121. The third kappa shape index (κ3) is 3.51. The molecule has 2 rings (SSSR count). The highest BCUT2D eigenvalue weighted by Gasteiger charge is 2.44. The molecule has 20 heavy (non-hydrogen) atoms. The zero-order chi connectivity index (χ0) is 14.8. The zero-order valence-electron chi connectivity index (χ0n) is 12.0. The molecule has 0 spiro atoms. The Hall–Kier alpha value is -0.660. The van der Waals surface area contributed by atoms with Crippen LogP contribution in [0.3, 0.4) is 0 Å². The molecule has 0 aromatic carbocycles. The quantitative estimate of drug-likeness (QED) is 0.743. The van der Waals surface area contributed by atoms with Crippen LogP contribution in [0.4, 0.5) is 0 Å². The van der Waals surface area contributed by atoms with Crippen molar-refractivity contribution >= 4 is 16.2 Å². The van der Waals surface area contributed by atoms with Crippen LogP contribution in [0.2, 0.25) is 0 Å². The third-order valence-corrected chi connectivity index (χ3v) is 5.98. The van der Waals surface area contributed by atoms with Crippen LogP contribution in [0.15, 0.2) is 0 Å². The summed E-state index contributed by atoms with van der Waals surface area (Å²) in [6, 6.07) is -0.914. The van der Waals surface area contributed by atoms with Crippen molar-refractivity contribution in [1.29, 1.82) is 0 Å². The SMILES string of the molecule is CCCC1(CNS(=O)(=O)N2CCCCC2C(=O)O)CC1. The summed E-state index contributed by atoms with van der Waals surface area (Å²) in [6.07, 6.45) is 6.09. The van der Waals surface area contributed by atoms with E-state index in [-0.39, 0.29) is 5.41 Å². The second-order valence-electron chi connectivity index (χ2n) is 6.04. The maximum Gasteiger partial charge on any atom is 0.322 e. The lowest BCUT2D eigenvalue weighted by Crippen LogP contribution is -2.52. The number of piperidine rings is 1. The van der Waals surface area contributed by atoms with Gasteiger partial charge in [0.25, 0.3) is 10.2 Å². The van der Waals surface area contributed by atoms with E-state index in [0.29, 0.717) is 19.5 Å². The minimum absolute atomic E-state index is 0.121. The number of nitrogens with zero attached hydrogens (tertiary/aromatic N) is 1. The molecule has 1 heterocycles. The number of aliphatic carboxylic acids is 1. The second kappa shape index (κ2) is 5.99. The molecule has 6 nitrogen and oxygen atoms in total. The molecule has 2 aliphatic rings. The Morgan fingerprint density at radius 2 is 2.10 bits per heavy atom. The molecule has 2 fully saturated rings. The summed E-state index contributed by atoms with van der Waals surface area (Å²) in [5, 5.41) is 9.16. The van der Waals surface area contributed by atoms with Crippen LogP contribution in [0, 0.1) is 5.41 Å². The Balaban J connectivity index is 1.99. The van der Waals surface area contributed by atoms with Gasteiger partial charge in [-0.1, -0.05) is 13.3 Å². The fourth-order valence-corrected chi connectivity index (χ4v) is 4.54. The predicted molar refractivity (Wildman–Crippen MR) is 75.5 cm³/mol. The van der Waals surface area contributed by atoms with Crippen molar-refractivity contribution in [3.8, 4) is 0 Å². The van der Waals surface area contributed by atoms with Gasteiger partial charge in [0.2, 0.25) is 0 Å². The molecular weight excluding hydrogens is 280 g/mol. The molecule has 116 valence electrons. The van der Waals surface area contributed by atoms with E-state index in [0.717, 1.165) is 42.8 Å². The monoisotopic (exact) mass is 304 g/mol. The summed E-state index contributed by atoms with van der Waals surface area (Å²) in [5.74, 6) is -1.05. The Kier molecular flexibility index (Phi) is 4.71. The minimum atomic E-state index is -3.69. The van der Waals surface area contributed by atoms with E-state index in [1.165, 1.54) is 0 Å². The van der Waals surface area contributed by atoms with Gasteiger partial charge in [0.1, 0.15) is 6.04 Å².